The number of aromatic nitrogens is 2. The van der Waals surface area contributed by atoms with E-state index in [0.717, 1.165) is 24.3 Å². The monoisotopic (exact) mass is 567 g/mol. The zero-order valence-corrected chi connectivity index (χ0v) is 23.5. The quantitative estimate of drug-likeness (QED) is 0.448. The Morgan fingerprint density at radius 1 is 0.974 bits per heavy atom. The normalized spacial score (nSPS) is 15.6. The van der Waals surface area contributed by atoms with Gasteiger partial charge in [-0.25, -0.2) is 0 Å². The summed E-state index contributed by atoms with van der Waals surface area (Å²) in [6.07, 6.45) is 0. The van der Waals surface area contributed by atoms with Crippen molar-refractivity contribution in [3.05, 3.63) is 75.4 Å². The van der Waals surface area contributed by atoms with Crippen LogP contribution in [-0.2, 0) is 6.54 Å². The van der Waals surface area contributed by atoms with Crippen LogP contribution >= 0.6 is 23.2 Å². The third-order valence-corrected chi connectivity index (χ3v) is 7.72. The van der Waals surface area contributed by atoms with Crippen LogP contribution in [0.2, 0.25) is 10.0 Å². The van der Waals surface area contributed by atoms with Crippen molar-refractivity contribution < 1.29 is 9.59 Å². The van der Waals surface area contributed by atoms with Crippen LogP contribution in [0.15, 0.2) is 48.5 Å². The van der Waals surface area contributed by atoms with Gasteiger partial charge in [0.15, 0.2) is 11.5 Å². The number of nitrogens with zero attached hydrogens (tertiary/aromatic N) is 5. The molecule has 0 saturated carbocycles. The standard InChI is InChI=1S/C28H31Cl2N7O2/c1-18(2)35-11-13-36(14-12-35)28(39)19-3-6-22(7-4-19)32-27(38)24-16-25-26(34-33-24)31-9-10-37(25)17-20-15-21(29)5-8-23(20)30/h3-8,15-16,18H,9-14,17H2,1-2H3,(H,31,34)(H,32,38). The molecule has 2 amide bonds. The lowest BCUT2D eigenvalue weighted by atomic mass is 10.1. The summed E-state index contributed by atoms with van der Waals surface area (Å²) in [5, 5.41) is 15.7. The van der Waals surface area contributed by atoms with Crippen LogP contribution in [0.25, 0.3) is 0 Å². The molecule has 0 aliphatic carbocycles. The van der Waals surface area contributed by atoms with Crippen molar-refractivity contribution in [1.82, 2.24) is 20.0 Å². The molecule has 1 aromatic heterocycles. The van der Waals surface area contributed by atoms with Gasteiger partial charge in [0.05, 0.1) is 5.69 Å². The van der Waals surface area contributed by atoms with E-state index < -0.39 is 0 Å². The summed E-state index contributed by atoms with van der Waals surface area (Å²) in [7, 11) is 0. The Morgan fingerprint density at radius 3 is 2.44 bits per heavy atom. The highest BCUT2D eigenvalue weighted by Gasteiger charge is 2.24. The van der Waals surface area contributed by atoms with Crippen LogP contribution in [-0.4, -0.2) is 77.1 Å². The number of amides is 2. The molecule has 5 rings (SSSR count). The zero-order chi connectivity index (χ0) is 27.5. The molecule has 2 aromatic carbocycles. The minimum Gasteiger partial charge on any atom is -0.365 e. The maximum Gasteiger partial charge on any atom is 0.276 e. The number of halogens is 2. The molecular formula is C28H31Cl2N7O2. The van der Waals surface area contributed by atoms with Crippen LogP contribution in [0.5, 0.6) is 0 Å². The van der Waals surface area contributed by atoms with Crippen LogP contribution in [0.1, 0.15) is 40.3 Å². The third-order valence-electron chi connectivity index (χ3n) is 7.11. The average molecular weight is 569 g/mol. The van der Waals surface area contributed by atoms with E-state index in [-0.39, 0.29) is 17.5 Å². The summed E-state index contributed by atoms with van der Waals surface area (Å²) in [5.41, 5.74) is 3.00. The van der Waals surface area contributed by atoms with E-state index in [1.165, 1.54) is 0 Å². The number of piperazine rings is 1. The Labute approximate surface area is 238 Å². The smallest absolute Gasteiger partial charge is 0.276 e. The molecule has 0 spiro atoms. The molecule has 0 atom stereocenters. The van der Waals surface area contributed by atoms with Gasteiger partial charge in [-0.3, -0.25) is 14.5 Å². The van der Waals surface area contributed by atoms with Gasteiger partial charge in [0.25, 0.3) is 11.8 Å². The van der Waals surface area contributed by atoms with Crippen molar-refractivity contribution in [2.24, 2.45) is 0 Å². The van der Waals surface area contributed by atoms with Gasteiger partial charge in [0.1, 0.15) is 0 Å². The van der Waals surface area contributed by atoms with E-state index in [1.807, 2.05) is 11.0 Å². The van der Waals surface area contributed by atoms with Gasteiger partial charge in [-0.05, 0) is 67.9 Å². The molecule has 0 unspecified atom stereocenters. The van der Waals surface area contributed by atoms with Crippen LogP contribution < -0.4 is 15.5 Å². The molecule has 3 aromatic rings. The Bertz CT molecular complexity index is 1360. The maximum atomic E-state index is 13.0. The lowest BCUT2D eigenvalue weighted by Gasteiger charge is -2.37. The van der Waals surface area contributed by atoms with Gasteiger partial charge < -0.3 is 20.4 Å². The molecule has 0 radical (unpaired) electrons. The van der Waals surface area contributed by atoms with Crippen molar-refractivity contribution in [2.45, 2.75) is 26.4 Å². The number of carbonyl (C=O) groups is 2. The number of fused-ring (bicyclic) bond motifs is 1. The molecule has 9 nitrogen and oxygen atoms in total. The van der Waals surface area contributed by atoms with Crippen molar-refractivity contribution in [1.29, 1.82) is 0 Å². The van der Waals surface area contributed by atoms with E-state index in [4.69, 9.17) is 23.2 Å². The van der Waals surface area contributed by atoms with Gasteiger partial charge in [0.2, 0.25) is 0 Å². The van der Waals surface area contributed by atoms with E-state index >= 15 is 0 Å². The van der Waals surface area contributed by atoms with E-state index in [9.17, 15) is 9.59 Å². The Hall–Kier alpha value is -3.40. The molecule has 2 aliphatic heterocycles. The fourth-order valence-electron chi connectivity index (χ4n) is 4.84. The first kappa shape index (κ1) is 27.2. The van der Waals surface area contributed by atoms with Gasteiger partial charge in [-0.15, -0.1) is 10.2 Å². The summed E-state index contributed by atoms with van der Waals surface area (Å²) < 4.78 is 0. The highest BCUT2D eigenvalue weighted by molar-refractivity contribution is 6.33. The Balaban J connectivity index is 1.25. The minimum absolute atomic E-state index is 0.00392. The molecule has 1 saturated heterocycles. The molecule has 0 bridgehead atoms. The molecular weight excluding hydrogens is 537 g/mol. The van der Waals surface area contributed by atoms with Gasteiger partial charge in [-0.1, -0.05) is 23.2 Å². The number of nitrogens with one attached hydrogen (secondary N) is 2. The number of anilines is 3. The number of hydrogen-bond acceptors (Lipinski definition) is 7. The molecule has 1 fully saturated rings. The summed E-state index contributed by atoms with van der Waals surface area (Å²) >= 11 is 12.6. The van der Waals surface area contributed by atoms with Gasteiger partial charge in [-0.2, -0.15) is 0 Å². The Morgan fingerprint density at radius 2 is 1.72 bits per heavy atom. The van der Waals surface area contributed by atoms with Crippen molar-refractivity contribution in [2.75, 3.05) is 54.8 Å². The Kier molecular flexibility index (Phi) is 8.20. The number of carbonyl (C=O) groups excluding carboxylic acids is 2. The zero-order valence-electron chi connectivity index (χ0n) is 22.0. The van der Waals surface area contributed by atoms with E-state index in [0.29, 0.717) is 65.9 Å². The topological polar surface area (TPSA) is 93.7 Å². The van der Waals surface area contributed by atoms with Crippen molar-refractivity contribution >= 4 is 52.2 Å². The summed E-state index contributed by atoms with van der Waals surface area (Å²) in [5.74, 6) is 0.220. The minimum atomic E-state index is -0.388. The SMILES string of the molecule is CC(C)N1CCN(C(=O)c2ccc(NC(=O)c3cc4c(nn3)NCCN4Cc3cc(Cl)ccc3Cl)cc2)CC1. The van der Waals surface area contributed by atoms with Gasteiger partial charge >= 0.3 is 0 Å². The maximum absolute atomic E-state index is 13.0. The third kappa shape index (κ3) is 6.27. The predicted molar refractivity (Wildman–Crippen MR) is 155 cm³/mol. The van der Waals surface area contributed by atoms with Crippen molar-refractivity contribution in [3.8, 4) is 0 Å². The summed E-state index contributed by atoms with van der Waals surface area (Å²) in [6.45, 7) is 9.41. The van der Waals surface area contributed by atoms with Gasteiger partial charge in [0, 0.05) is 73.2 Å². The molecule has 3 heterocycles. The largest absolute Gasteiger partial charge is 0.365 e. The highest BCUT2D eigenvalue weighted by Crippen LogP contribution is 2.31. The van der Waals surface area contributed by atoms with Crippen LogP contribution in [0, 0.1) is 0 Å². The molecule has 39 heavy (non-hydrogen) atoms. The first-order chi connectivity index (χ1) is 18.8. The molecule has 204 valence electrons. The second-order valence-electron chi connectivity index (χ2n) is 10.0. The fraction of sp³-hybridized carbons (Fsp3) is 0.357. The lowest BCUT2D eigenvalue weighted by Crippen LogP contribution is -2.50. The summed E-state index contributed by atoms with van der Waals surface area (Å²) in [6, 6.07) is 14.5. The summed E-state index contributed by atoms with van der Waals surface area (Å²) in [4.78, 5) is 32.3. The second-order valence-corrected chi connectivity index (χ2v) is 10.8. The number of benzene rings is 2. The first-order valence-electron chi connectivity index (χ1n) is 13.0. The highest BCUT2D eigenvalue weighted by atomic mass is 35.5. The fourth-order valence-corrected chi connectivity index (χ4v) is 5.21. The van der Waals surface area contributed by atoms with E-state index in [1.54, 1.807) is 42.5 Å². The van der Waals surface area contributed by atoms with E-state index in [2.05, 4.69) is 44.5 Å². The lowest BCUT2D eigenvalue weighted by molar-refractivity contribution is 0.0595. The second kappa shape index (κ2) is 11.8. The average Bonchev–Trinajstić information content (AvgIpc) is 2.95. The van der Waals surface area contributed by atoms with Crippen LogP contribution in [0.3, 0.4) is 0 Å². The molecule has 11 heteroatoms. The molecule has 2 aliphatic rings. The van der Waals surface area contributed by atoms with Crippen LogP contribution in [0.4, 0.5) is 17.2 Å². The molecule has 2 N–H and O–H groups in total. The first-order valence-corrected chi connectivity index (χ1v) is 13.8. The predicted octanol–water partition coefficient (Wildman–Crippen LogP) is 4.63. The number of rotatable bonds is 6. The van der Waals surface area contributed by atoms with Crippen molar-refractivity contribution in [3.63, 3.8) is 0 Å². The number of hydrogen-bond donors (Lipinski definition) is 2.